The summed E-state index contributed by atoms with van der Waals surface area (Å²) in [5, 5.41) is 5.88. The molecule has 0 saturated heterocycles. The van der Waals surface area contributed by atoms with Crippen molar-refractivity contribution in [3.8, 4) is 0 Å². The molecule has 0 heterocycles. The molecule has 0 aliphatic carbocycles. The SMILES string of the molecule is NC(=O)c1ccccc1NC(=O)NCc1cccc(Cl)c1. The highest BCUT2D eigenvalue weighted by atomic mass is 35.5. The van der Waals surface area contributed by atoms with E-state index in [0.29, 0.717) is 17.3 Å². The molecule has 5 nitrogen and oxygen atoms in total. The normalized spacial score (nSPS) is 9.95. The molecule has 0 spiro atoms. The Bertz CT molecular complexity index is 673. The molecular weight excluding hydrogens is 290 g/mol. The van der Waals surface area contributed by atoms with Crippen molar-refractivity contribution in [1.29, 1.82) is 0 Å². The summed E-state index contributed by atoms with van der Waals surface area (Å²) in [6, 6.07) is 13.3. The molecule has 6 heteroatoms. The number of primary amides is 1. The van der Waals surface area contributed by atoms with Gasteiger partial charge in [-0.1, -0.05) is 35.9 Å². The largest absolute Gasteiger partial charge is 0.366 e. The van der Waals surface area contributed by atoms with Gasteiger partial charge >= 0.3 is 6.03 Å². The van der Waals surface area contributed by atoms with E-state index >= 15 is 0 Å². The van der Waals surface area contributed by atoms with Gasteiger partial charge in [-0.2, -0.15) is 0 Å². The van der Waals surface area contributed by atoms with Crippen molar-refractivity contribution in [2.75, 3.05) is 5.32 Å². The lowest BCUT2D eigenvalue weighted by Gasteiger charge is -2.10. The minimum atomic E-state index is -0.597. The third-order valence-corrected chi connectivity index (χ3v) is 3.02. The lowest BCUT2D eigenvalue weighted by Crippen LogP contribution is -2.29. The highest BCUT2D eigenvalue weighted by Gasteiger charge is 2.09. The zero-order valence-corrected chi connectivity index (χ0v) is 11.9. The topological polar surface area (TPSA) is 84.2 Å². The molecule has 0 saturated carbocycles. The second-order valence-corrected chi connectivity index (χ2v) is 4.78. The summed E-state index contributed by atoms with van der Waals surface area (Å²) in [5.41, 5.74) is 6.75. The predicted molar refractivity (Wildman–Crippen MR) is 82.3 cm³/mol. The summed E-state index contributed by atoms with van der Waals surface area (Å²) in [4.78, 5) is 23.1. The van der Waals surface area contributed by atoms with Crippen LogP contribution in [0.25, 0.3) is 0 Å². The molecule has 21 heavy (non-hydrogen) atoms. The molecule has 0 unspecified atom stereocenters. The molecule has 0 radical (unpaired) electrons. The average Bonchev–Trinajstić information content (AvgIpc) is 2.45. The summed E-state index contributed by atoms with van der Waals surface area (Å²) in [7, 11) is 0. The lowest BCUT2D eigenvalue weighted by atomic mass is 10.1. The van der Waals surface area contributed by atoms with E-state index in [1.54, 1.807) is 42.5 Å². The number of rotatable bonds is 4. The number of para-hydroxylation sites is 1. The fourth-order valence-corrected chi connectivity index (χ4v) is 2.02. The van der Waals surface area contributed by atoms with Gasteiger partial charge in [0.2, 0.25) is 0 Å². The van der Waals surface area contributed by atoms with Crippen LogP contribution in [0.5, 0.6) is 0 Å². The van der Waals surface area contributed by atoms with Crippen LogP contribution in [0.3, 0.4) is 0 Å². The first-order valence-electron chi connectivity index (χ1n) is 6.24. The highest BCUT2D eigenvalue weighted by molar-refractivity contribution is 6.30. The molecule has 0 atom stereocenters. The zero-order valence-electron chi connectivity index (χ0n) is 11.1. The van der Waals surface area contributed by atoms with Crippen LogP contribution >= 0.6 is 11.6 Å². The maximum Gasteiger partial charge on any atom is 0.319 e. The van der Waals surface area contributed by atoms with E-state index in [4.69, 9.17) is 17.3 Å². The molecule has 0 fully saturated rings. The number of nitrogens with one attached hydrogen (secondary N) is 2. The smallest absolute Gasteiger partial charge is 0.319 e. The van der Waals surface area contributed by atoms with E-state index in [9.17, 15) is 9.59 Å². The summed E-state index contributed by atoms with van der Waals surface area (Å²) in [6.07, 6.45) is 0. The number of halogens is 1. The minimum absolute atomic E-state index is 0.260. The first-order valence-corrected chi connectivity index (χ1v) is 6.62. The second kappa shape index (κ2) is 6.76. The van der Waals surface area contributed by atoms with Gasteiger partial charge in [-0.3, -0.25) is 4.79 Å². The van der Waals surface area contributed by atoms with Gasteiger partial charge in [0.25, 0.3) is 5.91 Å². The van der Waals surface area contributed by atoms with Gasteiger partial charge in [0.15, 0.2) is 0 Å². The number of anilines is 1. The van der Waals surface area contributed by atoms with Gasteiger partial charge < -0.3 is 16.4 Å². The first kappa shape index (κ1) is 14.9. The summed E-state index contributed by atoms with van der Waals surface area (Å²) in [5.74, 6) is -0.597. The van der Waals surface area contributed by atoms with Crippen molar-refractivity contribution < 1.29 is 9.59 Å². The van der Waals surface area contributed by atoms with Crippen molar-refractivity contribution in [2.45, 2.75) is 6.54 Å². The molecular formula is C15H14ClN3O2. The van der Waals surface area contributed by atoms with E-state index in [1.807, 2.05) is 6.07 Å². The number of hydrogen-bond donors (Lipinski definition) is 3. The fraction of sp³-hybridized carbons (Fsp3) is 0.0667. The number of benzene rings is 2. The van der Waals surface area contributed by atoms with Crippen LogP contribution in [0.1, 0.15) is 15.9 Å². The molecule has 2 aromatic rings. The quantitative estimate of drug-likeness (QED) is 0.811. The Hall–Kier alpha value is -2.53. The molecule has 0 aliphatic heterocycles. The number of amides is 3. The van der Waals surface area contributed by atoms with Gasteiger partial charge in [-0.05, 0) is 29.8 Å². The van der Waals surface area contributed by atoms with Crippen molar-refractivity contribution in [2.24, 2.45) is 5.73 Å². The van der Waals surface area contributed by atoms with Gasteiger partial charge in [0.05, 0.1) is 11.3 Å². The van der Waals surface area contributed by atoms with Crippen LogP contribution in [0, 0.1) is 0 Å². The Balaban J connectivity index is 1.98. The van der Waals surface area contributed by atoms with E-state index in [2.05, 4.69) is 10.6 Å². The average molecular weight is 304 g/mol. The van der Waals surface area contributed by atoms with Crippen LogP contribution in [-0.4, -0.2) is 11.9 Å². The number of carbonyl (C=O) groups is 2. The van der Waals surface area contributed by atoms with Crippen molar-refractivity contribution in [3.05, 3.63) is 64.7 Å². The molecule has 2 aromatic carbocycles. The maximum atomic E-state index is 11.8. The van der Waals surface area contributed by atoms with Crippen molar-refractivity contribution in [1.82, 2.24) is 5.32 Å². The highest BCUT2D eigenvalue weighted by Crippen LogP contribution is 2.14. The number of urea groups is 1. The van der Waals surface area contributed by atoms with E-state index in [-0.39, 0.29) is 5.56 Å². The van der Waals surface area contributed by atoms with Crippen LogP contribution in [0.4, 0.5) is 10.5 Å². The van der Waals surface area contributed by atoms with Crippen LogP contribution in [0.15, 0.2) is 48.5 Å². The summed E-state index contributed by atoms with van der Waals surface area (Å²) < 4.78 is 0. The van der Waals surface area contributed by atoms with Gasteiger partial charge in [-0.15, -0.1) is 0 Å². The Labute approximate surface area is 127 Å². The Morgan fingerprint density at radius 1 is 1.10 bits per heavy atom. The van der Waals surface area contributed by atoms with Gasteiger partial charge in [-0.25, -0.2) is 4.79 Å². The number of carbonyl (C=O) groups excluding carboxylic acids is 2. The van der Waals surface area contributed by atoms with E-state index in [1.165, 1.54) is 0 Å². The van der Waals surface area contributed by atoms with Gasteiger partial charge in [0, 0.05) is 11.6 Å². The standard InChI is InChI=1S/C15H14ClN3O2/c16-11-5-3-4-10(8-11)9-18-15(21)19-13-7-2-1-6-12(13)14(17)20/h1-8H,9H2,(H2,17,20)(H2,18,19,21). The monoisotopic (exact) mass is 303 g/mol. The zero-order chi connectivity index (χ0) is 15.2. The summed E-state index contributed by atoms with van der Waals surface area (Å²) >= 11 is 5.87. The first-order chi connectivity index (χ1) is 10.1. The molecule has 108 valence electrons. The Kier molecular flexibility index (Phi) is 4.79. The molecule has 0 aliphatic rings. The molecule has 3 amide bonds. The molecule has 4 N–H and O–H groups in total. The number of nitrogens with two attached hydrogens (primary N) is 1. The second-order valence-electron chi connectivity index (χ2n) is 4.35. The Morgan fingerprint density at radius 3 is 2.57 bits per heavy atom. The molecule has 0 aromatic heterocycles. The van der Waals surface area contributed by atoms with Crippen LogP contribution in [0.2, 0.25) is 5.02 Å². The molecule has 0 bridgehead atoms. The minimum Gasteiger partial charge on any atom is -0.366 e. The van der Waals surface area contributed by atoms with Gasteiger partial charge in [0.1, 0.15) is 0 Å². The van der Waals surface area contributed by atoms with E-state index in [0.717, 1.165) is 5.56 Å². The van der Waals surface area contributed by atoms with Crippen molar-refractivity contribution >= 4 is 29.2 Å². The molecule has 2 rings (SSSR count). The summed E-state index contributed by atoms with van der Waals surface area (Å²) in [6.45, 7) is 0.325. The number of hydrogen-bond acceptors (Lipinski definition) is 2. The van der Waals surface area contributed by atoms with E-state index < -0.39 is 11.9 Å². The predicted octanol–water partition coefficient (Wildman–Crippen LogP) is 2.76. The fourth-order valence-electron chi connectivity index (χ4n) is 1.80. The lowest BCUT2D eigenvalue weighted by molar-refractivity contribution is 0.100. The van der Waals surface area contributed by atoms with Crippen LogP contribution < -0.4 is 16.4 Å². The van der Waals surface area contributed by atoms with Crippen LogP contribution in [-0.2, 0) is 6.54 Å². The third-order valence-electron chi connectivity index (χ3n) is 2.78. The van der Waals surface area contributed by atoms with Crippen molar-refractivity contribution in [3.63, 3.8) is 0 Å². The third kappa shape index (κ3) is 4.22. The maximum absolute atomic E-state index is 11.8. The Morgan fingerprint density at radius 2 is 1.86 bits per heavy atom.